The minimum absolute atomic E-state index is 0.00715. The van der Waals surface area contributed by atoms with Gasteiger partial charge in [0, 0.05) is 17.0 Å². The molecular weight excluding hydrogens is 523 g/mol. The number of hydrogen-bond acceptors (Lipinski definition) is 7. The van der Waals surface area contributed by atoms with Crippen LogP contribution < -0.4 is 19.6 Å². The maximum atomic E-state index is 13.6. The van der Waals surface area contributed by atoms with E-state index in [-0.39, 0.29) is 17.7 Å². The molecule has 36 heavy (non-hydrogen) atoms. The number of carbonyl (C=O) groups is 2. The molecule has 184 valence electrons. The van der Waals surface area contributed by atoms with Crippen LogP contribution in [0.25, 0.3) is 6.08 Å². The number of hydrogen-bond donors (Lipinski definition) is 0. The Labute approximate surface area is 220 Å². The molecule has 1 aromatic heterocycles. The number of thiazole rings is 1. The summed E-state index contributed by atoms with van der Waals surface area (Å²) < 4.78 is 12.3. The topological polar surface area (TPSA) is 87.0 Å². The molecule has 0 saturated carbocycles. The Balaban J connectivity index is 1.90. The molecule has 0 saturated heterocycles. The van der Waals surface area contributed by atoms with E-state index in [2.05, 4.69) is 11.6 Å². The van der Waals surface area contributed by atoms with E-state index in [1.807, 2.05) is 0 Å². The maximum Gasteiger partial charge on any atom is 0.338 e. The van der Waals surface area contributed by atoms with E-state index in [0.29, 0.717) is 42.0 Å². The third kappa shape index (κ3) is 5.21. The van der Waals surface area contributed by atoms with Gasteiger partial charge in [0.2, 0.25) is 0 Å². The van der Waals surface area contributed by atoms with Gasteiger partial charge in [-0.2, -0.15) is 0 Å². The normalized spacial score (nSPS) is 15.2. The van der Waals surface area contributed by atoms with Crippen molar-refractivity contribution in [3.05, 3.63) is 107 Å². The predicted octanol–water partition coefficient (Wildman–Crippen LogP) is 4.20. The summed E-state index contributed by atoms with van der Waals surface area (Å²) in [5.74, 6) is -0.728. The van der Waals surface area contributed by atoms with Crippen molar-refractivity contribution < 1.29 is 19.1 Å². The Hall–Kier alpha value is -3.46. The van der Waals surface area contributed by atoms with E-state index in [4.69, 9.17) is 32.7 Å². The van der Waals surface area contributed by atoms with Crippen molar-refractivity contribution in [1.82, 2.24) is 4.57 Å². The van der Waals surface area contributed by atoms with Crippen LogP contribution in [0.3, 0.4) is 0 Å². The first kappa shape index (κ1) is 25.6. The largest absolute Gasteiger partial charge is 0.458 e. The molecule has 10 heteroatoms. The van der Waals surface area contributed by atoms with Crippen molar-refractivity contribution in [2.75, 3.05) is 6.61 Å². The smallest absolute Gasteiger partial charge is 0.338 e. The first-order chi connectivity index (χ1) is 17.2. The van der Waals surface area contributed by atoms with Gasteiger partial charge in [-0.1, -0.05) is 65.4 Å². The molecule has 0 aliphatic carbocycles. The van der Waals surface area contributed by atoms with Crippen LogP contribution in [-0.4, -0.2) is 23.1 Å². The van der Waals surface area contributed by atoms with Crippen molar-refractivity contribution in [2.45, 2.75) is 19.9 Å². The number of allylic oxidation sites excluding steroid dienone is 1. The number of rotatable bonds is 6. The fraction of sp³-hybridized carbons (Fsp3) is 0.154. The zero-order valence-electron chi connectivity index (χ0n) is 19.3. The molecule has 0 radical (unpaired) electrons. The second kappa shape index (κ2) is 10.7. The van der Waals surface area contributed by atoms with Crippen molar-refractivity contribution in [2.24, 2.45) is 4.99 Å². The Bertz CT molecular complexity index is 1590. The van der Waals surface area contributed by atoms with Gasteiger partial charge in [0.15, 0.2) is 4.80 Å². The highest BCUT2D eigenvalue weighted by atomic mass is 35.5. The molecule has 2 heterocycles. The van der Waals surface area contributed by atoms with Gasteiger partial charge in [0.25, 0.3) is 5.56 Å². The van der Waals surface area contributed by atoms with Crippen LogP contribution in [0.4, 0.5) is 0 Å². The second-order valence-electron chi connectivity index (χ2n) is 7.80. The lowest BCUT2D eigenvalue weighted by Gasteiger charge is -2.24. The molecule has 7 nitrogen and oxygen atoms in total. The van der Waals surface area contributed by atoms with Crippen LogP contribution in [0.1, 0.15) is 31.0 Å². The monoisotopic (exact) mass is 542 g/mol. The van der Waals surface area contributed by atoms with Gasteiger partial charge in [0.05, 0.1) is 21.8 Å². The molecule has 3 aromatic rings. The Kier molecular flexibility index (Phi) is 7.59. The highest BCUT2D eigenvalue weighted by Gasteiger charge is 2.33. The van der Waals surface area contributed by atoms with E-state index in [0.717, 1.165) is 0 Å². The van der Waals surface area contributed by atoms with Crippen molar-refractivity contribution in [1.29, 1.82) is 0 Å². The molecule has 1 aliphatic heterocycles. The highest BCUT2D eigenvalue weighted by Crippen LogP contribution is 2.31. The van der Waals surface area contributed by atoms with Gasteiger partial charge in [-0.25, -0.2) is 9.79 Å². The van der Waals surface area contributed by atoms with Gasteiger partial charge in [0.1, 0.15) is 12.4 Å². The van der Waals surface area contributed by atoms with Crippen LogP contribution in [0, 0.1) is 0 Å². The summed E-state index contributed by atoms with van der Waals surface area (Å²) in [4.78, 5) is 43.0. The second-order valence-corrected chi connectivity index (χ2v) is 9.65. The Morgan fingerprint density at radius 2 is 1.92 bits per heavy atom. The lowest BCUT2D eigenvalue weighted by Crippen LogP contribution is -2.39. The molecular formula is C26H20Cl2N2O5S. The molecule has 1 atom stereocenters. The number of ether oxygens (including phenoxy) is 2. The number of esters is 2. The quantitative estimate of drug-likeness (QED) is 0.264. The molecule has 0 spiro atoms. The van der Waals surface area contributed by atoms with E-state index >= 15 is 0 Å². The zero-order chi connectivity index (χ0) is 26.0. The first-order valence-electron chi connectivity index (χ1n) is 10.7. The minimum atomic E-state index is -0.812. The minimum Gasteiger partial charge on any atom is -0.458 e. The molecule has 2 aromatic carbocycles. The molecule has 0 fully saturated rings. The Morgan fingerprint density at radius 3 is 2.56 bits per heavy atom. The van der Waals surface area contributed by atoms with E-state index in [1.54, 1.807) is 55.5 Å². The highest BCUT2D eigenvalue weighted by molar-refractivity contribution is 7.07. The van der Waals surface area contributed by atoms with Crippen molar-refractivity contribution in [3.8, 4) is 5.75 Å². The number of halogens is 2. The summed E-state index contributed by atoms with van der Waals surface area (Å²) in [7, 11) is 0. The number of carbonyl (C=O) groups excluding carboxylic acids is 2. The number of nitrogens with zero attached hydrogens (tertiary/aromatic N) is 2. The van der Waals surface area contributed by atoms with E-state index in [9.17, 15) is 14.4 Å². The van der Waals surface area contributed by atoms with Crippen LogP contribution in [0.5, 0.6) is 5.75 Å². The average Bonchev–Trinajstić information content (AvgIpc) is 3.13. The van der Waals surface area contributed by atoms with Gasteiger partial charge in [-0.05, 0) is 48.4 Å². The summed E-state index contributed by atoms with van der Waals surface area (Å²) in [6.07, 6.45) is 3.13. The van der Waals surface area contributed by atoms with Gasteiger partial charge < -0.3 is 9.47 Å². The molecule has 0 unspecified atom stereocenters. The summed E-state index contributed by atoms with van der Waals surface area (Å²) in [6, 6.07) is 10.8. The summed E-state index contributed by atoms with van der Waals surface area (Å²) in [5, 5.41) is 0.880. The number of aromatic nitrogens is 1. The fourth-order valence-electron chi connectivity index (χ4n) is 3.75. The molecule has 0 amide bonds. The van der Waals surface area contributed by atoms with Crippen molar-refractivity contribution in [3.63, 3.8) is 0 Å². The van der Waals surface area contributed by atoms with E-state index < -0.39 is 18.0 Å². The average molecular weight is 543 g/mol. The van der Waals surface area contributed by atoms with Crippen molar-refractivity contribution >= 4 is 52.6 Å². The number of fused-ring (bicyclic) bond motifs is 1. The summed E-state index contributed by atoms with van der Waals surface area (Å²) in [6.45, 7) is 6.58. The lowest BCUT2D eigenvalue weighted by atomic mass is 9.96. The molecule has 4 rings (SSSR count). The Morgan fingerprint density at radius 1 is 1.19 bits per heavy atom. The van der Waals surface area contributed by atoms with Gasteiger partial charge in [-0.3, -0.25) is 14.2 Å². The maximum absolute atomic E-state index is 13.6. The molecule has 0 N–H and O–H groups in total. The standard InChI is InChI=1S/C26H20Cl2N2O5S/c1-4-11-34-25(33)22-14(2)29-26-30(23(22)16-6-9-19(10-7-16)35-15(3)31)24(32)21(36-26)12-17-5-8-18(27)13-20(17)28/h4-10,12-13,23H,1,11H2,2-3H3/b21-12+/t23-/m1/s1. The summed E-state index contributed by atoms with van der Waals surface area (Å²) in [5.41, 5.74) is 1.54. The predicted molar refractivity (Wildman–Crippen MR) is 139 cm³/mol. The van der Waals surface area contributed by atoms with Crippen LogP contribution in [0.2, 0.25) is 10.0 Å². The third-order valence-electron chi connectivity index (χ3n) is 5.28. The van der Waals surface area contributed by atoms with Gasteiger partial charge in [-0.15, -0.1) is 0 Å². The first-order valence-corrected chi connectivity index (χ1v) is 12.3. The summed E-state index contributed by atoms with van der Waals surface area (Å²) >= 11 is 13.5. The van der Waals surface area contributed by atoms with Crippen LogP contribution >= 0.6 is 34.5 Å². The van der Waals surface area contributed by atoms with Crippen LogP contribution in [-0.2, 0) is 14.3 Å². The number of benzene rings is 2. The fourth-order valence-corrected chi connectivity index (χ4v) is 5.25. The SMILES string of the molecule is C=CCOC(=O)C1=C(C)N=c2s/c(=C/c3ccc(Cl)cc3Cl)c(=O)n2[C@@H]1c1ccc(OC(C)=O)cc1. The van der Waals surface area contributed by atoms with Gasteiger partial charge >= 0.3 is 11.9 Å². The van der Waals surface area contributed by atoms with E-state index in [1.165, 1.54) is 28.9 Å². The lowest BCUT2D eigenvalue weighted by molar-refractivity contribution is -0.138. The third-order valence-corrected chi connectivity index (χ3v) is 6.83. The van der Waals surface area contributed by atoms with Crippen LogP contribution in [0.15, 0.2) is 76.2 Å². The molecule has 1 aliphatic rings. The zero-order valence-corrected chi connectivity index (χ0v) is 21.6. The molecule has 0 bridgehead atoms.